The van der Waals surface area contributed by atoms with Crippen LogP contribution in [0.5, 0.6) is 5.75 Å². The molecule has 2 rings (SSSR count). The fourth-order valence-electron chi connectivity index (χ4n) is 2.02. The standard InChI is InChI=1S/C17H15BrClF2NO2/c18-11-4-6-12(7-5-11)24-13(10-19)8-9-22-17(23)16-14(20)2-1-3-15(16)21/h1-7,13H,8-10H2,(H,22,23). The van der Waals surface area contributed by atoms with Crippen molar-refractivity contribution < 1.29 is 18.3 Å². The van der Waals surface area contributed by atoms with Gasteiger partial charge < -0.3 is 10.1 Å². The Morgan fingerprint density at radius 2 is 1.79 bits per heavy atom. The van der Waals surface area contributed by atoms with Crippen LogP contribution in [0.4, 0.5) is 8.78 Å². The van der Waals surface area contributed by atoms with E-state index in [4.69, 9.17) is 16.3 Å². The summed E-state index contributed by atoms with van der Waals surface area (Å²) < 4.78 is 33.7. The molecule has 128 valence electrons. The highest BCUT2D eigenvalue weighted by molar-refractivity contribution is 9.10. The number of ether oxygens (including phenoxy) is 1. The molecular formula is C17H15BrClF2NO2. The number of alkyl halides is 1. The Balaban J connectivity index is 1.87. The van der Waals surface area contributed by atoms with Crippen molar-refractivity contribution in [3.05, 3.63) is 64.1 Å². The van der Waals surface area contributed by atoms with Crippen LogP contribution in [0.25, 0.3) is 0 Å². The molecule has 0 aromatic heterocycles. The number of carbonyl (C=O) groups excluding carboxylic acids is 1. The molecule has 0 spiro atoms. The molecule has 0 saturated heterocycles. The summed E-state index contributed by atoms with van der Waals surface area (Å²) >= 11 is 9.19. The first-order valence-corrected chi connectivity index (χ1v) is 8.54. The van der Waals surface area contributed by atoms with Crippen LogP contribution in [0, 0.1) is 11.6 Å². The lowest BCUT2D eigenvalue weighted by molar-refractivity contribution is 0.0939. The van der Waals surface area contributed by atoms with E-state index in [1.165, 1.54) is 6.07 Å². The lowest BCUT2D eigenvalue weighted by atomic mass is 10.2. The minimum Gasteiger partial charge on any atom is -0.489 e. The van der Waals surface area contributed by atoms with E-state index in [0.29, 0.717) is 12.2 Å². The summed E-state index contributed by atoms with van der Waals surface area (Å²) in [6.07, 6.45) is 0.0695. The summed E-state index contributed by atoms with van der Waals surface area (Å²) in [5, 5.41) is 2.48. The molecule has 2 aromatic carbocycles. The van der Waals surface area contributed by atoms with Gasteiger partial charge in [0.2, 0.25) is 0 Å². The lowest BCUT2D eigenvalue weighted by Crippen LogP contribution is -2.31. The molecule has 0 radical (unpaired) electrons. The third-order valence-corrected chi connectivity index (χ3v) is 4.10. The van der Waals surface area contributed by atoms with Crippen molar-refractivity contribution in [2.75, 3.05) is 12.4 Å². The third kappa shape index (κ3) is 5.18. The average Bonchev–Trinajstić information content (AvgIpc) is 2.55. The van der Waals surface area contributed by atoms with E-state index in [9.17, 15) is 13.6 Å². The number of benzene rings is 2. The fraction of sp³-hybridized carbons (Fsp3) is 0.235. The number of halogens is 4. The van der Waals surface area contributed by atoms with Crippen molar-refractivity contribution in [1.82, 2.24) is 5.32 Å². The van der Waals surface area contributed by atoms with Crippen molar-refractivity contribution in [3.8, 4) is 5.75 Å². The van der Waals surface area contributed by atoms with Crippen LogP contribution in [0.1, 0.15) is 16.8 Å². The topological polar surface area (TPSA) is 38.3 Å². The Morgan fingerprint density at radius 3 is 2.38 bits per heavy atom. The fourth-order valence-corrected chi connectivity index (χ4v) is 2.50. The van der Waals surface area contributed by atoms with Crippen molar-refractivity contribution >= 4 is 33.4 Å². The zero-order valence-corrected chi connectivity index (χ0v) is 14.9. The largest absolute Gasteiger partial charge is 0.489 e. The monoisotopic (exact) mass is 417 g/mol. The van der Waals surface area contributed by atoms with Gasteiger partial charge in [-0.15, -0.1) is 11.6 Å². The molecular weight excluding hydrogens is 404 g/mol. The Labute approximate surface area is 152 Å². The quantitative estimate of drug-likeness (QED) is 0.671. The first-order chi connectivity index (χ1) is 11.5. The second-order valence-corrected chi connectivity index (χ2v) is 6.21. The van der Waals surface area contributed by atoms with Gasteiger partial charge >= 0.3 is 0 Å². The summed E-state index contributed by atoms with van der Waals surface area (Å²) in [5.41, 5.74) is -0.589. The van der Waals surface area contributed by atoms with E-state index in [1.807, 2.05) is 12.1 Å². The van der Waals surface area contributed by atoms with Crippen LogP contribution in [0.3, 0.4) is 0 Å². The Morgan fingerprint density at radius 1 is 1.17 bits per heavy atom. The summed E-state index contributed by atoms with van der Waals surface area (Å²) in [6, 6.07) is 10.5. The molecule has 0 fully saturated rings. The summed E-state index contributed by atoms with van der Waals surface area (Å²) in [6.45, 7) is 0.181. The van der Waals surface area contributed by atoms with E-state index in [2.05, 4.69) is 21.2 Å². The second kappa shape index (κ2) is 8.99. The van der Waals surface area contributed by atoms with Gasteiger partial charge in [-0.05, 0) is 36.4 Å². The summed E-state index contributed by atoms with van der Waals surface area (Å²) in [5.74, 6) is -1.72. The van der Waals surface area contributed by atoms with Crippen LogP contribution in [0.15, 0.2) is 46.9 Å². The molecule has 3 nitrogen and oxygen atoms in total. The van der Waals surface area contributed by atoms with Gasteiger partial charge in [-0.25, -0.2) is 8.78 Å². The molecule has 0 bridgehead atoms. The number of rotatable bonds is 7. The van der Waals surface area contributed by atoms with Crippen molar-refractivity contribution in [1.29, 1.82) is 0 Å². The number of nitrogens with one attached hydrogen (secondary N) is 1. The molecule has 1 N–H and O–H groups in total. The lowest BCUT2D eigenvalue weighted by Gasteiger charge is -2.17. The van der Waals surface area contributed by atoms with Gasteiger partial charge in [0.1, 0.15) is 29.1 Å². The van der Waals surface area contributed by atoms with Crippen molar-refractivity contribution in [3.63, 3.8) is 0 Å². The molecule has 1 atom stereocenters. The summed E-state index contributed by atoms with van der Waals surface area (Å²) in [4.78, 5) is 11.9. The molecule has 1 amide bonds. The Hall–Kier alpha value is -1.66. The van der Waals surface area contributed by atoms with E-state index in [0.717, 1.165) is 16.6 Å². The maximum Gasteiger partial charge on any atom is 0.257 e. The number of hydrogen-bond acceptors (Lipinski definition) is 2. The highest BCUT2D eigenvalue weighted by Gasteiger charge is 2.17. The molecule has 0 aliphatic heterocycles. The van der Waals surface area contributed by atoms with Crippen LogP contribution in [0.2, 0.25) is 0 Å². The van der Waals surface area contributed by atoms with Crippen molar-refractivity contribution in [2.45, 2.75) is 12.5 Å². The normalized spacial score (nSPS) is 11.8. The molecule has 0 saturated carbocycles. The maximum atomic E-state index is 13.5. The molecule has 0 heterocycles. The summed E-state index contributed by atoms with van der Waals surface area (Å²) in [7, 11) is 0. The average molecular weight is 419 g/mol. The van der Waals surface area contributed by atoms with Gasteiger partial charge in [-0.3, -0.25) is 4.79 Å². The molecule has 1 unspecified atom stereocenters. The number of hydrogen-bond donors (Lipinski definition) is 1. The minimum atomic E-state index is -0.896. The van der Waals surface area contributed by atoms with Gasteiger partial charge in [0.25, 0.3) is 5.91 Å². The van der Waals surface area contributed by atoms with Crippen LogP contribution in [-0.2, 0) is 0 Å². The first kappa shape index (κ1) is 18.7. The molecule has 24 heavy (non-hydrogen) atoms. The van der Waals surface area contributed by atoms with Gasteiger partial charge in [0, 0.05) is 17.4 Å². The molecule has 0 aliphatic carbocycles. The van der Waals surface area contributed by atoms with E-state index in [-0.39, 0.29) is 18.5 Å². The molecule has 0 aliphatic rings. The zero-order chi connectivity index (χ0) is 17.5. The third-order valence-electron chi connectivity index (χ3n) is 3.23. The van der Waals surface area contributed by atoms with Gasteiger partial charge in [0.05, 0.1) is 5.88 Å². The van der Waals surface area contributed by atoms with Gasteiger partial charge in [-0.1, -0.05) is 22.0 Å². The number of carbonyl (C=O) groups is 1. The molecule has 2 aromatic rings. The van der Waals surface area contributed by atoms with Crippen LogP contribution >= 0.6 is 27.5 Å². The van der Waals surface area contributed by atoms with Crippen molar-refractivity contribution in [2.24, 2.45) is 0 Å². The van der Waals surface area contributed by atoms with Gasteiger partial charge in [0.15, 0.2) is 0 Å². The van der Waals surface area contributed by atoms with E-state index >= 15 is 0 Å². The van der Waals surface area contributed by atoms with E-state index < -0.39 is 23.1 Å². The van der Waals surface area contributed by atoms with Crippen LogP contribution in [-0.4, -0.2) is 24.4 Å². The van der Waals surface area contributed by atoms with Gasteiger partial charge in [-0.2, -0.15) is 0 Å². The highest BCUT2D eigenvalue weighted by Crippen LogP contribution is 2.18. The predicted octanol–water partition coefficient (Wildman–Crippen LogP) is 4.53. The smallest absolute Gasteiger partial charge is 0.257 e. The maximum absolute atomic E-state index is 13.5. The number of amides is 1. The minimum absolute atomic E-state index is 0.181. The van der Waals surface area contributed by atoms with Crippen LogP contribution < -0.4 is 10.1 Å². The Kier molecular flexibility index (Phi) is 6.99. The second-order valence-electron chi connectivity index (χ2n) is 4.99. The molecule has 7 heteroatoms. The highest BCUT2D eigenvalue weighted by atomic mass is 79.9. The predicted molar refractivity (Wildman–Crippen MR) is 92.6 cm³/mol. The van der Waals surface area contributed by atoms with E-state index in [1.54, 1.807) is 12.1 Å². The first-order valence-electron chi connectivity index (χ1n) is 7.21. The SMILES string of the molecule is O=C(NCCC(CCl)Oc1ccc(Br)cc1)c1c(F)cccc1F. The Bertz CT molecular complexity index is 677. The zero-order valence-electron chi connectivity index (χ0n) is 12.6.